The van der Waals surface area contributed by atoms with Gasteiger partial charge in [-0.15, -0.1) is 0 Å². The minimum Gasteiger partial charge on any atom is -0.495 e. The van der Waals surface area contributed by atoms with Crippen molar-refractivity contribution in [1.82, 2.24) is 5.32 Å². The first-order valence-electron chi connectivity index (χ1n) is 10.5. The second kappa shape index (κ2) is 7.57. The summed E-state index contributed by atoms with van der Waals surface area (Å²) < 4.78 is 5.37. The fourth-order valence-electron chi connectivity index (χ4n) is 5.38. The van der Waals surface area contributed by atoms with Gasteiger partial charge in [-0.3, -0.25) is 24.5 Å². The van der Waals surface area contributed by atoms with Gasteiger partial charge in [0.2, 0.25) is 23.6 Å². The van der Waals surface area contributed by atoms with Crippen LogP contribution in [-0.2, 0) is 24.7 Å². The zero-order valence-corrected chi connectivity index (χ0v) is 18.4. The number of halogens is 1. The van der Waals surface area contributed by atoms with Crippen LogP contribution in [0.25, 0.3) is 0 Å². The van der Waals surface area contributed by atoms with Gasteiger partial charge in [0.25, 0.3) is 0 Å². The van der Waals surface area contributed by atoms with Crippen LogP contribution in [0.5, 0.6) is 5.75 Å². The highest BCUT2D eigenvalue weighted by molar-refractivity contribution is 6.32. The molecule has 2 fully saturated rings. The number of nitrogens with one attached hydrogen (secondary N) is 2. The molecule has 10 heteroatoms. The molecular weight excluding hydrogens is 448 g/mol. The highest BCUT2D eigenvalue weighted by atomic mass is 35.5. The Morgan fingerprint density at radius 3 is 2.67 bits per heavy atom. The predicted octanol–water partition coefficient (Wildman–Crippen LogP) is 1.54. The summed E-state index contributed by atoms with van der Waals surface area (Å²) in [7, 11) is 1.43. The van der Waals surface area contributed by atoms with E-state index in [9.17, 15) is 19.2 Å². The molecule has 33 heavy (non-hydrogen) atoms. The number of benzene rings is 2. The minimum absolute atomic E-state index is 0.00217. The van der Waals surface area contributed by atoms with E-state index in [1.54, 1.807) is 36.4 Å². The van der Waals surface area contributed by atoms with Crippen LogP contribution in [0.15, 0.2) is 42.5 Å². The van der Waals surface area contributed by atoms with E-state index in [0.717, 1.165) is 4.90 Å². The van der Waals surface area contributed by atoms with Crippen LogP contribution in [-0.4, -0.2) is 36.8 Å². The number of carbonyl (C=O) groups is 4. The minimum atomic E-state index is -1.45. The smallest absolute Gasteiger partial charge is 0.250 e. The number of nitrogens with two attached hydrogens (primary N) is 1. The van der Waals surface area contributed by atoms with E-state index in [4.69, 9.17) is 22.1 Å². The molecule has 5 rings (SSSR count). The summed E-state index contributed by atoms with van der Waals surface area (Å²) in [6.07, 6.45) is 0.204. The van der Waals surface area contributed by atoms with Gasteiger partial charge in [0.1, 0.15) is 11.3 Å². The molecule has 1 spiro atoms. The van der Waals surface area contributed by atoms with Crippen molar-refractivity contribution in [2.24, 2.45) is 17.6 Å². The van der Waals surface area contributed by atoms with E-state index in [1.807, 2.05) is 0 Å². The Balaban J connectivity index is 1.66. The molecule has 0 saturated carbocycles. The number of amides is 4. The van der Waals surface area contributed by atoms with Crippen molar-refractivity contribution >= 4 is 46.6 Å². The highest BCUT2D eigenvalue weighted by Gasteiger charge is 2.70. The Morgan fingerprint density at radius 2 is 1.94 bits per heavy atom. The first-order chi connectivity index (χ1) is 15.8. The van der Waals surface area contributed by atoms with Crippen LogP contribution in [0.1, 0.15) is 18.4 Å². The number of hydrogen-bond donors (Lipinski definition) is 3. The molecule has 9 nitrogen and oxygen atoms in total. The summed E-state index contributed by atoms with van der Waals surface area (Å²) in [4.78, 5) is 53.5. The fourth-order valence-corrected chi connectivity index (χ4v) is 5.55. The molecule has 170 valence electrons. The van der Waals surface area contributed by atoms with Crippen LogP contribution < -0.4 is 26.0 Å². The van der Waals surface area contributed by atoms with Gasteiger partial charge in [-0.1, -0.05) is 29.8 Å². The number of imide groups is 1. The van der Waals surface area contributed by atoms with Crippen LogP contribution >= 0.6 is 11.6 Å². The quantitative estimate of drug-likeness (QED) is 0.570. The van der Waals surface area contributed by atoms with Crippen molar-refractivity contribution in [3.05, 3.63) is 53.1 Å². The number of carbonyl (C=O) groups excluding carboxylic acids is 4. The van der Waals surface area contributed by atoms with E-state index in [2.05, 4.69) is 10.6 Å². The maximum absolute atomic E-state index is 13.9. The molecule has 0 bridgehead atoms. The van der Waals surface area contributed by atoms with Gasteiger partial charge < -0.3 is 15.8 Å². The largest absolute Gasteiger partial charge is 0.495 e. The van der Waals surface area contributed by atoms with Gasteiger partial charge in [-0.05, 0) is 30.7 Å². The number of fused-ring (bicyclic) bond motifs is 4. The maximum Gasteiger partial charge on any atom is 0.250 e. The monoisotopic (exact) mass is 468 g/mol. The third kappa shape index (κ3) is 2.96. The summed E-state index contributed by atoms with van der Waals surface area (Å²) in [5, 5.41) is 6.41. The molecule has 4 atom stereocenters. The number of hydrogen-bond acceptors (Lipinski definition) is 6. The first kappa shape index (κ1) is 21.4. The summed E-state index contributed by atoms with van der Waals surface area (Å²) in [5.41, 5.74) is 5.28. The van der Waals surface area contributed by atoms with E-state index in [-0.39, 0.29) is 18.5 Å². The normalized spacial score (nSPS) is 27.6. The van der Waals surface area contributed by atoms with Crippen LogP contribution in [0.4, 0.5) is 11.4 Å². The van der Waals surface area contributed by atoms with Crippen molar-refractivity contribution in [3.63, 3.8) is 0 Å². The van der Waals surface area contributed by atoms with Gasteiger partial charge >= 0.3 is 0 Å². The number of methoxy groups -OCH3 is 1. The molecule has 0 radical (unpaired) electrons. The molecular formula is C23H21ClN4O5. The molecule has 3 aliphatic heterocycles. The Hall–Kier alpha value is -3.43. The van der Waals surface area contributed by atoms with Crippen LogP contribution in [0.3, 0.4) is 0 Å². The molecule has 0 unspecified atom stereocenters. The lowest BCUT2D eigenvalue weighted by Gasteiger charge is -2.29. The zero-order chi connectivity index (χ0) is 23.5. The maximum atomic E-state index is 13.9. The predicted molar refractivity (Wildman–Crippen MR) is 120 cm³/mol. The van der Waals surface area contributed by atoms with Gasteiger partial charge in [-0.2, -0.15) is 0 Å². The average Bonchev–Trinajstić information content (AvgIpc) is 3.37. The average molecular weight is 469 g/mol. The molecule has 4 N–H and O–H groups in total. The number of nitrogens with zero attached hydrogens (tertiary/aromatic N) is 1. The Bertz CT molecular complexity index is 1220. The fraction of sp³-hybridized carbons (Fsp3) is 0.304. The molecule has 0 aromatic heterocycles. The molecule has 2 aromatic rings. The lowest BCUT2D eigenvalue weighted by molar-refractivity contribution is -0.130. The standard InChI is InChI=1S/C23H21ClN4O5/c1-33-16-8-6-11(24)10-15(16)28-20(30)18-14(7-9-17(25)29)27-23(19(18)21(28)31)12-4-2-3-5-13(12)26-22(23)32/h2-6,8,10,14,18-19,27H,7,9H2,1H3,(H2,25,29)(H,26,32)/t14-,18+,19+,23-/m0/s1. The lowest BCUT2D eigenvalue weighted by Crippen LogP contribution is -2.53. The summed E-state index contributed by atoms with van der Waals surface area (Å²) in [6.45, 7) is 0. The van der Waals surface area contributed by atoms with Gasteiger partial charge in [0.05, 0.1) is 24.6 Å². The Labute approximate surface area is 194 Å². The van der Waals surface area contributed by atoms with Gasteiger partial charge in [-0.25, -0.2) is 4.90 Å². The van der Waals surface area contributed by atoms with E-state index in [0.29, 0.717) is 22.0 Å². The molecule has 4 amide bonds. The second-order valence-corrected chi connectivity index (χ2v) is 8.83. The SMILES string of the molecule is COc1ccc(Cl)cc1N1C(=O)[C@@H]2[C@H](CCC(N)=O)N[C@]3(C(=O)Nc4ccccc43)[C@H]2C1=O. The van der Waals surface area contributed by atoms with Gasteiger partial charge in [0.15, 0.2) is 0 Å². The number of primary amides is 1. The van der Waals surface area contributed by atoms with Crippen LogP contribution in [0.2, 0.25) is 5.02 Å². The lowest BCUT2D eigenvalue weighted by atomic mass is 9.76. The topological polar surface area (TPSA) is 131 Å². The van der Waals surface area contributed by atoms with E-state index >= 15 is 0 Å². The van der Waals surface area contributed by atoms with Crippen molar-refractivity contribution < 1.29 is 23.9 Å². The second-order valence-electron chi connectivity index (χ2n) is 8.40. The Morgan fingerprint density at radius 1 is 1.18 bits per heavy atom. The zero-order valence-electron chi connectivity index (χ0n) is 17.6. The van der Waals surface area contributed by atoms with E-state index in [1.165, 1.54) is 13.2 Å². The van der Waals surface area contributed by atoms with Crippen molar-refractivity contribution in [2.45, 2.75) is 24.4 Å². The number of ether oxygens (including phenoxy) is 1. The Kier molecular flexibility index (Phi) is 4.91. The molecule has 2 aromatic carbocycles. The van der Waals surface area contributed by atoms with Crippen molar-refractivity contribution in [2.75, 3.05) is 17.3 Å². The number of rotatable bonds is 5. The molecule has 3 heterocycles. The number of para-hydroxylation sites is 1. The molecule has 0 aliphatic carbocycles. The summed E-state index contributed by atoms with van der Waals surface area (Å²) >= 11 is 6.16. The third-order valence-corrected chi connectivity index (χ3v) is 6.94. The van der Waals surface area contributed by atoms with Crippen LogP contribution in [0, 0.1) is 11.8 Å². The molecule has 3 aliphatic rings. The first-order valence-corrected chi connectivity index (χ1v) is 10.9. The van der Waals surface area contributed by atoms with E-state index < -0.39 is 47.0 Å². The molecule has 2 saturated heterocycles. The van der Waals surface area contributed by atoms with Crippen molar-refractivity contribution in [3.8, 4) is 5.75 Å². The summed E-state index contributed by atoms with van der Waals surface area (Å²) in [6, 6.07) is 11.1. The highest BCUT2D eigenvalue weighted by Crippen LogP contribution is 2.54. The number of anilines is 2. The van der Waals surface area contributed by atoms with Gasteiger partial charge in [0, 0.05) is 28.7 Å². The third-order valence-electron chi connectivity index (χ3n) is 6.71. The summed E-state index contributed by atoms with van der Waals surface area (Å²) in [5.74, 6) is -3.56. The van der Waals surface area contributed by atoms with Crippen molar-refractivity contribution in [1.29, 1.82) is 0 Å².